The molecule has 0 aliphatic heterocycles. The molecule has 21 heavy (non-hydrogen) atoms. The number of carbonyl (C=O) groups is 1. The molecule has 1 unspecified atom stereocenters. The van der Waals surface area contributed by atoms with E-state index in [-0.39, 0.29) is 13.0 Å². The minimum absolute atomic E-state index is 0.0758. The summed E-state index contributed by atoms with van der Waals surface area (Å²) in [5.41, 5.74) is -2.55. The number of hydrogen-bond donors (Lipinski definition) is 0. The van der Waals surface area contributed by atoms with E-state index in [1.807, 2.05) is 30.3 Å². The summed E-state index contributed by atoms with van der Waals surface area (Å²) in [6.07, 6.45) is 0.0758. The molecule has 1 rings (SSSR count). The fourth-order valence-corrected chi connectivity index (χ4v) is 2.23. The maximum Gasteiger partial charge on any atom is 0.340 e. The highest BCUT2D eigenvalue weighted by Gasteiger charge is 2.57. The molecular formula is C16H18N2O3. The largest absolute Gasteiger partial charge is 0.467 e. The number of rotatable bonds is 6. The Morgan fingerprint density at radius 1 is 1.24 bits per heavy atom. The van der Waals surface area contributed by atoms with Crippen LogP contribution in [0.3, 0.4) is 0 Å². The van der Waals surface area contributed by atoms with Gasteiger partial charge in [-0.05, 0) is 19.4 Å². The molecule has 0 heterocycles. The molecule has 0 amide bonds. The van der Waals surface area contributed by atoms with Gasteiger partial charge in [-0.25, -0.2) is 4.79 Å². The number of hydrogen-bond acceptors (Lipinski definition) is 5. The Hall–Kier alpha value is -2.37. The molecule has 0 bridgehead atoms. The zero-order valence-corrected chi connectivity index (χ0v) is 12.4. The van der Waals surface area contributed by atoms with Gasteiger partial charge in [-0.3, -0.25) is 0 Å². The highest BCUT2D eigenvalue weighted by molar-refractivity contribution is 5.82. The molecule has 0 aromatic heterocycles. The van der Waals surface area contributed by atoms with Crippen molar-refractivity contribution in [2.75, 3.05) is 13.7 Å². The van der Waals surface area contributed by atoms with Crippen molar-refractivity contribution >= 4 is 5.97 Å². The predicted molar refractivity (Wildman–Crippen MR) is 75.9 cm³/mol. The number of benzene rings is 1. The van der Waals surface area contributed by atoms with Gasteiger partial charge in [0, 0.05) is 13.0 Å². The second kappa shape index (κ2) is 6.88. The van der Waals surface area contributed by atoms with Gasteiger partial charge >= 0.3 is 5.97 Å². The van der Waals surface area contributed by atoms with Crippen molar-refractivity contribution in [3.63, 3.8) is 0 Å². The normalized spacial score (nSPS) is 13.6. The maximum absolute atomic E-state index is 12.1. The lowest BCUT2D eigenvalue weighted by Crippen LogP contribution is -2.54. The maximum atomic E-state index is 12.1. The Labute approximate surface area is 124 Å². The van der Waals surface area contributed by atoms with Gasteiger partial charge in [0.15, 0.2) is 11.0 Å². The van der Waals surface area contributed by atoms with E-state index in [1.165, 1.54) is 14.0 Å². The van der Waals surface area contributed by atoms with E-state index >= 15 is 0 Å². The van der Waals surface area contributed by atoms with Crippen LogP contribution in [0, 0.1) is 28.1 Å². The first kappa shape index (κ1) is 16.7. The number of esters is 1. The number of nitrogens with zero attached hydrogens (tertiary/aromatic N) is 2. The molecule has 1 atom stereocenters. The summed E-state index contributed by atoms with van der Waals surface area (Å²) in [7, 11) is 1.21. The van der Waals surface area contributed by atoms with Crippen LogP contribution in [0.5, 0.6) is 0 Å². The highest BCUT2D eigenvalue weighted by Crippen LogP contribution is 2.38. The SMILES string of the molecule is CCOC(C)(C(=O)OC)C(C#N)(C#N)Cc1ccccc1. The molecule has 1 aromatic rings. The lowest BCUT2D eigenvalue weighted by Gasteiger charge is -2.36. The number of carbonyl (C=O) groups excluding carboxylic acids is 1. The molecule has 0 saturated heterocycles. The van der Waals surface area contributed by atoms with Gasteiger partial charge in [0.2, 0.25) is 0 Å². The summed E-state index contributed by atoms with van der Waals surface area (Å²) in [5.74, 6) is -0.733. The second-order valence-electron chi connectivity index (χ2n) is 4.75. The van der Waals surface area contributed by atoms with Crippen molar-refractivity contribution in [1.29, 1.82) is 10.5 Å². The van der Waals surface area contributed by atoms with Crippen LogP contribution in [-0.2, 0) is 20.7 Å². The molecule has 0 saturated carbocycles. The van der Waals surface area contributed by atoms with Crippen molar-refractivity contribution in [2.24, 2.45) is 5.41 Å². The monoisotopic (exact) mass is 286 g/mol. The standard InChI is InChI=1S/C16H18N2O3/c1-4-21-15(2,14(19)20-3)16(11-17,12-18)10-13-8-6-5-7-9-13/h5-9H,4,10H2,1-3H3. The average Bonchev–Trinajstić information content (AvgIpc) is 2.52. The zero-order valence-electron chi connectivity index (χ0n) is 12.4. The van der Waals surface area contributed by atoms with Gasteiger partial charge in [-0.2, -0.15) is 10.5 Å². The topological polar surface area (TPSA) is 83.1 Å². The van der Waals surface area contributed by atoms with Crippen LogP contribution < -0.4 is 0 Å². The summed E-state index contributed by atoms with van der Waals surface area (Å²) in [4.78, 5) is 12.1. The van der Waals surface area contributed by atoms with Crippen molar-refractivity contribution in [3.05, 3.63) is 35.9 Å². The Kier molecular flexibility index (Phi) is 5.46. The third-order valence-electron chi connectivity index (χ3n) is 3.52. The quantitative estimate of drug-likeness (QED) is 0.749. The van der Waals surface area contributed by atoms with Crippen LogP contribution in [0.1, 0.15) is 19.4 Å². The molecule has 0 aliphatic carbocycles. The molecule has 0 aliphatic rings. The van der Waals surface area contributed by atoms with E-state index in [0.29, 0.717) is 0 Å². The third kappa shape index (κ3) is 3.04. The van der Waals surface area contributed by atoms with Crippen LogP contribution in [0.15, 0.2) is 30.3 Å². The minimum Gasteiger partial charge on any atom is -0.467 e. The van der Waals surface area contributed by atoms with Crippen molar-refractivity contribution in [1.82, 2.24) is 0 Å². The van der Waals surface area contributed by atoms with E-state index in [9.17, 15) is 15.3 Å². The van der Waals surface area contributed by atoms with E-state index < -0.39 is 17.0 Å². The molecule has 0 N–H and O–H groups in total. The zero-order chi connectivity index (χ0) is 15.9. The minimum atomic E-state index is -1.67. The fourth-order valence-electron chi connectivity index (χ4n) is 2.23. The first-order valence-corrected chi connectivity index (χ1v) is 6.58. The summed E-state index contributed by atoms with van der Waals surface area (Å²) < 4.78 is 10.2. The van der Waals surface area contributed by atoms with E-state index in [0.717, 1.165) is 5.56 Å². The van der Waals surface area contributed by atoms with Crippen molar-refractivity contribution in [3.8, 4) is 12.1 Å². The number of methoxy groups -OCH3 is 1. The lowest BCUT2D eigenvalue weighted by atomic mass is 9.70. The number of ether oxygens (including phenoxy) is 2. The smallest absolute Gasteiger partial charge is 0.340 e. The summed E-state index contributed by atoms with van der Waals surface area (Å²) in [5, 5.41) is 19.2. The Balaban J connectivity index is 3.34. The van der Waals surface area contributed by atoms with Crippen LogP contribution in [0.2, 0.25) is 0 Å². The van der Waals surface area contributed by atoms with Gasteiger partial charge in [-0.15, -0.1) is 0 Å². The van der Waals surface area contributed by atoms with Crippen LogP contribution in [-0.4, -0.2) is 25.3 Å². The highest BCUT2D eigenvalue weighted by atomic mass is 16.6. The van der Waals surface area contributed by atoms with E-state index in [1.54, 1.807) is 19.1 Å². The fraction of sp³-hybridized carbons (Fsp3) is 0.438. The van der Waals surface area contributed by atoms with Gasteiger partial charge in [-0.1, -0.05) is 30.3 Å². The van der Waals surface area contributed by atoms with Gasteiger partial charge < -0.3 is 9.47 Å². The van der Waals surface area contributed by atoms with Crippen LogP contribution in [0.4, 0.5) is 0 Å². The van der Waals surface area contributed by atoms with Crippen molar-refractivity contribution in [2.45, 2.75) is 25.9 Å². The molecule has 5 heteroatoms. The van der Waals surface area contributed by atoms with Crippen molar-refractivity contribution < 1.29 is 14.3 Å². The van der Waals surface area contributed by atoms with Crippen LogP contribution in [0.25, 0.3) is 0 Å². The Bertz CT molecular complexity index is 557. The summed E-state index contributed by atoms with van der Waals surface area (Å²) in [6, 6.07) is 13.0. The first-order chi connectivity index (χ1) is 9.99. The third-order valence-corrected chi connectivity index (χ3v) is 3.52. The van der Waals surface area contributed by atoms with Crippen LogP contribution >= 0.6 is 0 Å². The second-order valence-corrected chi connectivity index (χ2v) is 4.75. The molecule has 0 spiro atoms. The predicted octanol–water partition coefficient (Wildman–Crippen LogP) is 2.23. The van der Waals surface area contributed by atoms with Gasteiger partial charge in [0.05, 0.1) is 19.2 Å². The summed E-state index contributed by atoms with van der Waals surface area (Å²) in [6.45, 7) is 3.31. The summed E-state index contributed by atoms with van der Waals surface area (Å²) >= 11 is 0. The molecule has 0 fully saturated rings. The number of nitriles is 2. The average molecular weight is 286 g/mol. The molecule has 1 aromatic carbocycles. The van der Waals surface area contributed by atoms with E-state index in [2.05, 4.69) is 0 Å². The Morgan fingerprint density at radius 2 is 1.81 bits per heavy atom. The molecule has 0 radical (unpaired) electrons. The van der Waals surface area contributed by atoms with E-state index in [4.69, 9.17) is 9.47 Å². The first-order valence-electron chi connectivity index (χ1n) is 6.58. The molecule has 110 valence electrons. The molecule has 5 nitrogen and oxygen atoms in total. The van der Waals surface area contributed by atoms with Gasteiger partial charge in [0.25, 0.3) is 0 Å². The Morgan fingerprint density at radius 3 is 2.24 bits per heavy atom. The lowest BCUT2D eigenvalue weighted by molar-refractivity contribution is -0.176. The molecular weight excluding hydrogens is 268 g/mol. The van der Waals surface area contributed by atoms with Gasteiger partial charge in [0.1, 0.15) is 0 Å².